The molecule has 1 atom stereocenters. The topological polar surface area (TPSA) is 87.2 Å². The van der Waals surface area contributed by atoms with Gasteiger partial charge < -0.3 is 9.64 Å². The zero-order chi connectivity index (χ0) is 24.2. The number of halogens is 1. The number of piperazine rings is 1. The molecule has 0 aromatic heterocycles. The summed E-state index contributed by atoms with van der Waals surface area (Å²) in [7, 11) is 0. The first-order valence-electron chi connectivity index (χ1n) is 11.3. The van der Waals surface area contributed by atoms with Gasteiger partial charge in [-0.05, 0) is 42.9 Å². The Morgan fingerprint density at radius 2 is 1.68 bits per heavy atom. The molecule has 34 heavy (non-hydrogen) atoms. The fraction of sp³-hybridized carbons (Fsp3) is 0.360. The lowest BCUT2D eigenvalue weighted by Gasteiger charge is -2.36. The number of carbonyl (C=O) groups is 4. The number of ether oxygens (including phenoxy) is 1. The maximum atomic E-state index is 13.0. The molecule has 1 unspecified atom stereocenters. The Morgan fingerprint density at radius 1 is 1.00 bits per heavy atom. The van der Waals surface area contributed by atoms with Crippen LogP contribution >= 0.6 is 11.6 Å². The third-order valence-electron chi connectivity index (χ3n) is 6.29. The lowest BCUT2D eigenvalue weighted by molar-refractivity contribution is -0.123. The summed E-state index contributed by atoms with van der Waals surface area (Å²) in [6.07, 6.45) is 0.152. The molecule has 0 bridgehead atoms. The first kappa shape index (κ1) is 24.1. The highest BCUT2D eigenvalue weighted by Crippen LogP contribution is 2.27. The van der Waals surface area contributed by atoms with Crippen molar-refractivity contribution in [3.8, 4) is 0 Å². The lowest BCUT2D eigenvalue weighted by Crippen LogP contribution is -2.52. The summed E-state index contributed by atoms with van der Waals surface area (Å²) < 4.78 is 5.12. The number of benzene rings is 2. The second kappa shape index (κ2) is 10.5. The van der Waals surface area contributed by atoms with Crippen LogP contribution in [0.4, 0.5) is 5.69 Å². The molecule has 0 saturated carbocycles. The Hall–Kier alpha value is -3.07. The first-order valence-corrected chi connectivity index (χ1v) is 11.6. The average Bonchev–Trinajstić information content (AvgIpc) is 3.16. The van der Waals surface area contributed by atoms with Crippen molar-refractivity contribution in [2.24, 2.45) is 0 Å². The molecule has 2 amide bonds. The second-order valence-electron chi connectivity index (χ2n) is 8.28. The number of carbonyl (C=O) groups excluding carboxylic acids is 4. The molecule has 2 heterocycles. The summed E-state index contributed by atoms with van der Waals surface area (Å²) in [5.74, 6) is -1.59. The Morgan fingerprint density at radius 3 is 2.32 bits per heavy atom. The van der Waals surface area contributed by atoms with Crippen molar-refractivity contribution in [3.05, 3.63) is 64.7 Å². The maximum absolute atomic E-state index is 13.0. The molecule has 2 fully saturated rings. The predicted molar refractivity (Wildman–Crippen MR) is 127 cm³/mol. The van der Waals surface area contributed by atoms with Gasteiger partial charge in [-0.1, -0.05) is 30.7 Å². The predicted octanol–water partition coefficient (Wildman–Crippen LogP) is 2.65. The first-order chi connectivity index (χ1) is 16.4. The van der Waals surface area contributed by atoms with Crippen molar-refractivity contribution < 1.29 is 23.9 Å². The van der Waals surface area contributed by atoms with Crippen molar-refractivity contribution in [1.29, 1.82) is 0 Å². The summed E-state index contributed by atoms with van der Waals surface area (Å²) in [5, 5.41) is 0.290. The smallest absolute Gasteiger partial charge is 0.338 e. The van der Waals surface area contributed by atoms with Crippen LogP contribution in [0.1, 0.15) is 34.1 Å². The van der Waals surface area contributed by atoms with Gasteiger partial charge in [0.2, 0.25) is 11.7 Å². The number of hydrogen-bond acceptors (Lipinski definition) is 7. The van der Waals surface area contributed by atoms with E-state index in [9.17, 15) is 19.2 Å². The highest BCUT2D eigenvalue weighted by Gasteiger charge is 2.43. The molecule has 178 valence electrons. The van der Waals surface area contributed by atoms with E-state index < -0.39 is 24.4 Å². The summed E-state index contributed by atoms with van der Waals surface area (Å²) in [5.41, 5.74) is 0.902. The number of esters is 1. The Kier molecular flexibility index (Phi) is 7.41. The van der Waals surface area contributed by atoms with Gasteiger partial charge in [-0.15, -0.1) is 0 Å². The SMILES string of the molecule is CCN1CCN(C2CC(=O)N(c3ccc(C(=O)OCC(=O)c4ccccc4Cl)cc3)C2=O)CC1. The molecule has 2 aliphatic heterocycles. The van der Waals surface area contributed by atoms with Crippen LogP contribution in [0.2, 0.25) is 5.02 Å². The molecule has 0 N–H and O–H groups in total. The molecule has 2 aliphatic rings. The molecule has 2 saturated heterocycles. The monoisotopic (exact) mass is 483 g/mol. The molecular weight excluding hydrogens is 458 g/mol. The summed E-state index contributed by atoms with van der Waals surface area (Å²) in [6, 6.07) is 12.1. The highest BCUT2D eigenvalue weighted by atomic mass is 35.5. The van der Waals surface area contributed by atoms with Crippen LogP contribution in [0.15, 0.2) is 48.5 Å². The molecule has 9 heteroatoms. The van der Waals surface area contributed by atoms with Crippen molar-refractivity contribution >= 4 is 40.9 Å². The van der Waals surface area contributed by atoms with Gasteiger partial charge in [0.15, 0.2) is 6.61 Å². The summed E-state index contributed by atoms with van der Waals surface area (Å²) in [4.78, 5) is 55.9. The fourth-order valence-electron chi connectivity index (χ4n) is 4.29. The van der Waals surface area contributed by atoms with Gasteiger partial charge in [-0.2, -0.15) is 0 Å². The number of rotatable bonds is 7. The van der Waals surface area contributed by atoms with E-state index in [0.29, 0.717) is 10.7 Å². The molecule has 4 rings (SSSR count). The molecule has 2 aromatic carbocycles. The van der Waals surface area contributed by atoms with Crippen LogP contribution in [0.3, 0.4) is 0 Å². The molecule has 8 nitrogen and oxygen atoms in total. The van der Waals surface area contributed by atoms with Crippen LogP contribution in [0, 0.1) is 0 Å². The van der Waals surface area contributed by atoms with E-state index in [4.69, 9.17) is 16.3 Å². The number of Topliss-reactive ketones (excluding diaryl/α,β-unsaturated/α-hetero) is 1. The van der Waals surface area contributed by atoms with E-state index in [-0.39, 0.29) is 29.4 Å². The number of ketones is 1. The second-order valence-corrected chi connectivity index (χ2v) is 8.69. The van der Waals surface area contributed by atoms with E-state index in [1.54, 1.807) is 36.4 Å². The molecule has 0 spiro atoms. The number of hydrogen-bond donors (Lipinski definition) is 0. The van der Waals surface area contributed by atoms with E-state index in [2.05, 4.69) is 16.7 Å². The fourth-order valence-corrected chi connectivity index (χ4v) is 4.53. The molecule has 2 aromatic rings. The average molecular weight is 484 g/mol. The summed E-state index contributed by atoms with van der Waals surface area (Å²) in [6.45, 7) is 5.90. The maximum Gasteiger partial charge on any atom is 0.338 e. The number of imide groups is 1. The zero-order valence-corrected chi connectivity index (χ0v) is 19.7. The van der Waals surface area contributed by atoms with Crippen LogP contribution in [-0.4, -0.2) is 78.7 Å². The zero-order valence-electron chi connectivity index (χ0n) is 18.9. The third kappa shape index (κ3) is 5.04. The minimum Gasteiger partial charge on any atom is -0.454 e. The lowest BCUT2D eigenvalue weighted by atomic mass is 10.1. The molecule has 0 aliphatic carbocycles. The highest BCUT2D eigenvalue weighted by molar-refractivity contribution is 6.34. The van der Waals surface area contributed by atoms with Gasteiger partial charge >= 0.3 is 5.97 Å². The van der Waals surface area contributed by atoms with Gasteiger partial charge in [0.25, 0.3) is 5.91 Å². The quantitative estimate of drug-likeness (QED) is 0.340. The summed E-state index contributed by atoms with van der Waals surface area (Å²) >= 11 is 6.00. The van der Waals surface area contributed by atoms with Crippen molar-refractivity contribution in [3.63, 3.8) is 0 Å². The van der Waals surface area contributed by atoms with Gasteiger partial charge in [0.1, 0.15) is 0 Å². The van der Waals surface area contributed by atoms with Crippen LogP contribution in [-0.2, 0) is 14.3 Å². The molecule has 0 radical (unpaired) electrons. The van der Waals surface area contributed by atoms with E-state index in [1.165, 1.54) is 17.0 Å². The Balaban J connectivity index is 1.37. The largest absolute Gasteiger partial charge is 0.454 e. The van der Waals surface area contributed by atoms with Gasteiger partial charge in [0.05, 0.1) is 28.7 Å². The van der Waals surface area contributed by atoms with Gasteiger partial charge in [0, 0.05) is 31.7 Å². The van der Waals surface area contributed by atoms with Crippen LogP contribution in [0.25, 0.3) is 0 Å². The van der Waals surface area contributed by atoms with Crippen molar-refractivity contribution in [2.45, 2.75) is 19.4 Å². The van der Waals surface area contributed by atoms with Crippen molar-refractivity contribution in [1.82, 2.24) is 9.80 Å². The number of likely N-dealkylation sites (N-methyl/N-ethyl adjacent to an activating group) is 1. The van der Waals surface area contributed by atoms with Gasteiger partial charge in [-0.3, -0.25) is 19.3 Å². The number of nitrogens with zero attached hydrogens (tertiary/aromatic N) is 3. The normalized spacial score (nSPS) is 19.5. The van der Waals surface area contributed by atoms with Crippen molar-refractivity contribution in [2.75, 3.05) is 44.2 Å². The van der Waals surface area contributed by atoms with E-state index >= 15 is 0 Å². The Labute approximate surface area is 203 Å². The number of amides is 2. The van der Waals surface area contributed by atoms with Crippen LogP contribution in [0.5, 0.6) is 0 Å². The van der Waals surface area contributed by atoms with E-state index in [1.807, 2.05) is 0 Å². The van der Waals surface area contributed by atoms with E-state index in [0.717, 1.165) is 32.7 Å². The van der Waals surface area contributed by atoms with Crippen LogP contribution < -0.4 is 4.90 Å². The minimum atomic E-state index is -0.683. The standard InChI is InChI=1S/C25H26ClN3O5/c1-2-27-11-13-28(14-12-27)21-15-23(31)29(24(21)32)18-9-7-17(8-10-18)25(33)34-16-22(30)19-5-3-4-6-20(19)26/h3-10,21H,2,11-16H2,1H3. The van der Waals surface area contributed by atoms with Gasteiger partial charge in [-0.25, -0.2) is 9.69 Å². The third-order valence-corrected chi connectivity index (χ3v) is 6.62. The Bertz CT molecular complexity index is 1100. The molecular formula is C25H26ClN3O5. The minimum absolute atomic E-state index is 0.152. The number of anilines is 1.